The number of hydrogen-bond acceptors (Lipinski definition) is 3. The molecule has 0 amide bonds. The van der Waals surface area contributed by atoms with Crippen LogP contribution in [0, 0.1) is 0 Å². The summed E-state index contributed by atoms with van der Waals surface area (Å²) < 4.78 is 0. The topological polar surface area (TPSA) is 53.4 Å². The van der Waals surface area contributed by atoms with E-state index < -0.39 is 5.97 Å². The standard InChI is InChI=1S/C15H22N2O2/c1-3-4-5-9-17(2)14-12(15(18)19)10-11-7-6-8-13(11)16-14/h10H,3-9H2,1-2H3,(H,18,19). The molecular formula is C15H22N2O2. The smallest absolute Gasteiger partial charge is 0.339 e. The third-order valence-electron chi connectivity index (χ3n) is 3.72. The molecule has 1 heterocycles. The molecule has 1 aliphatic carbocycles. The molecular weight excluding hydrogens is 240 g/mol. The fraction of sp³-hybridized carbons (Fsp3) is 0.600. The Morgan fingerprint density at radius 3 is 2.89 bits per heavy atom. The van der Waals surface area contributed by atoms with Crippen molar-refractivity contribution in [2.75, 3.05) is 18.5 Å². The van der Waals surface area contributed by atoms with Crippen LogP contribution in [0.4, 0.5) is 5.82 Å². The molecule has 19 heavy (non-hydrogen) atoms. The van der Waals surface area contributed by atoms with Crippen LogP contribution in [0.1, 0.15) is 54.2 Å². The highest BCUT2D eigenvalue weighted by Gasteiger charge is 2.21. The quantitative estimate of drug-likeness (QED) is 0.801. The number of pyridine rings is 1. The van der Waals surface area contributed by atoms with Crippen LogP contribution < -0.4 is 4.90 Å². The number of carboxylic acid groups (broad SMARTS) is 1. The molecule has 4 heteroatoms. The van der Waals surface area contributed by atoms with Gasteiger partial charge >= 0.3 is 5.97 Å². The zero-order valence-electron chi connectivity index (χ0n) is 11.8. The summed E-state index contributed by atoms with van der Waals surface area (Å²) >= 11 is 0. The maximum Gasteiger partial charge on any atom is 0.339 e. The normalized spacial score (nSPS) is 13.4. The average Bonchev–Trinajstić information content (AvgIpc) is 2.84. The van der Waals surface area contributed by atoms with Crippen LogP contribution in [0.25, 0.3) is 0 Å². The fourth-order valence-corrected chi connectivity index (χ4v) is 2.61. The van der Waals surface area contributed by atoms with Gasteiger partial charge in [-0.3, -0.25) is 0 Å². The molecule has 4 nitrogen and oxygen atoms in total. The molecule has 0 unspecified atom stereocenters. The van der Waals surface area contributed by atoms with Crippen molar-refractivity contribution in [2.45, 2.75) is 45.4 Å². The summed E-state index contributed by atoms with van der Waals surface area (Å²) in [6.45, 7) is 3.02. The molecule has 0 aliphatic heterocycles. The van der Waals surface area contributed by atoms with Gasteiger partial charge in [-0.1, -0.05) is 19.8 Å². The predicted octanol–water partition coefficient (Wildman–Crippen LogP) is 2.89. The van der Waals surface area contributed by atoms with Crippen molar-refractivity contribution in [3.8, 4) is 0 Å². The van der Waals surface area contributed by atoms with Crippen LogP contribution in [0.15, 0.2) is 6.07 Å². The largest absolute Gasteiger partial charge is 0.478 e. The van der Waals surface area contributed by atoms with E-state index in [1.165, 1.54) is 0 Å². The number of anilines is 1. The van der Waals surface area contributed by atoms with Crippen molar-refractivity contribution < 1.29 is 9.90 Å². The van der Waals surface area contributed by atoms with Crippen LogP contribution in [0.5, 0.6) is 0 Å². The van der Waals surface area contributed by atoms with E-state index >= 15 is 0 Å². The molecule has 0 atom stereocenters. The van der Waals surface area contributed by atoms with E-state index in [0.717, 1.165) is 56.3 Å². The lowest BCUT2D eigenvalue weighted by Gasteiger charge is -2.21. The van der Waals surface area contributed by atoms with E-state index in [0.29, 0.717) is 11.4 Å². The molecule has 0 radical (unpaired) electrons. The third-order valence-corrected chi connectivity index (χ3v) is 3.72. The molecule has 0 fully saturated rings. The Morgan fingerprint density at radius 2 is 2.21 bits per heavy atom. The maximum absolute atomic E-state index is 11.4. The number of rotatable bonds is 6. The van der Waals surface area contributed by atoms with Crippen molar-refractivity contribution in [1.29, 1.82) is 0 Å². The summed E-state index contributed by atoms with van der Waals surface area (Å²) in [4.78, 5) is 18.0. The Balaban J connectivity index is 2.24. The Labute approximate surface area is 114 Å². The van der Waals surface area contributed by atoms with Gasteiger partial charge in [0.05, 0.1) is 0 Å². The van der Waals surface area contributed by atoms with Gasteiger partial charge in [-0.05, 0) is 37.3 Å². The van der Waals surface area contributed by atoms with Crippen LogP contribution in [0.2, 0.25) is 0 Å². The molecule has 0 saturated carbocycles. The van der Waals surface area contributed by atoms with Gasteiger partial charge in [0.1, 0.15) is 11.4 Å². The molecule has 0 spiro atoms. The summed E-state index contributed by atoms with van der Waals surface area (Å²) in [6, 6.07) is 1.82. The van der Waals surface area contributed by atoms with Gasteiger partial charge in [0.15, 0.2) is 0 Å². The Hall–Kier alpha value is -1.58. The number of aromatic nitrogens is 1. The molecule has 104 valence electrons. The van der Waals surface area contributed by atoms with Gasteiger partial charge in [-0.15, -0.1) is 0 Å². The molecule has 0 aromatic carbocycles. The van der Waals surface area contributed by atoms with E-state index in [1.807, 2.05) is 18.0 Å². The van der Waals surface area contributed by atoms with Crippen molar-refractivity contribution in [3.05, 3.63) is 22.9 Å². The molecule has 2 rings (SSSR count). The number of unbranched alkanes of at least 4 members (excludes halogenated alkanes) is 2. The van der Waals surface area contributed by atoms with Crippen molar-refractivity contribution >= 4 is 11.8 Å². The highest BCUT2D eigenvalue weighted by atomic mass is 16.4. The zero-order valence-corrected chi connectivity index (χ0v) is 11.8. The van der Waals surface area contributed by atoms with E-state index in [1.54, 1.807) is 0 Å². The summed E-state index contributed by atoms with van der Waals surface area (Å²) in [7, 11) is 1.94. The Bertz CT molecular complexity index is 471. The lowest BCUT2D eigenvalue weighted by Crippen LogP contribution is -2.23. The van der Waals surface area contributed by atoms with Gasteiger partial charge in [-0.25, -0.2) is 9.78 Å². The van der Waals surface area contributed by atoms with Gasteiger partial charge in [-0.2, -0.15) is 0 Å². The number of fused-ring (bicyclic) bond motifs is 1. The van der Waals surface area contributed by atoms with E-state index in [4.69, 9.17) is 0 Å². The molecule has 1 aromatic rings. The lowest BCUT2D eigenvalue weighted by atomic mass is 10.1. The average molecular weight is 262 g/mol. The highest BCUT2D eigenvalue weighted by Crippen LogP contribution is 2.27. The SMILES string of the molecule is CCCCCN(C)c1nc2c(cc1C(=O)O)CCC2. The minimum Gasteiger partial charge on any atom is -0.478 e. The number of carbonyl (C=O) groups is 1. The lowest BCUT2D eigenvalue weighted by molar-refractivity contribution is 0.0697. The van der Waals surface area contributed by atoms with Gasteiger partial charge in [0.25, 0.3) is 0 Å². The van der Waals surface area contributed by atoms with Crippen LogP contribution in [-0.2, 0) is 12.8 Å². The van der Waals surface area contributed by atoms with Crippen molar-refractivity contribution in [3.63, 3.8) is 0 Å². The summed E-state index contributed by atoms with van der Waals surface area (Å²) in [5.74, 6) is -0.246. The van der Waals surface area contributed by atoms with E-state index in [2.05, 4.69) is 11.9 Å². The van der Waals surface area contributed by atoms with Crippen LogP contribution in [0.3, 0.4) is 0 Å². The second-order valence-electron chi connectivity index (χ2n) is 5.25. The first-order valence-corrected chi connectivity index (χ1v) is 7.10. The molecule has 1 aliphatic rings. The first-order chi connectivity index (χ1) is 9.13. The molecule has 1 N–H and O–H groups in total. The van der Waals surface area contributed by atoms with E-state index in [-0.39, 0.29) is 0 Å². The van der Waals surface area contributed by atoms with E-state index in [9.17, 15) is 9.90 Å². The zero-order chi connectivity index (χ0) is 13.8. The number of aromatic carboxylic acids is 1. The number of carboxylic acids is 1. The number of hydrogen-bond donors (Lipinski definition) is 1. The molecule has 0 saturated heterocycles. The first-order valence-electron chi connectivity index (χ1n) is 7.10. The monoisotopic (exact) mass is 262 g/mol. The van der Waals surface area contributed by atoms with Gasteiger partial charge < -0.3 is 10.0 Å². The Morgan fingerprint density at radius 1 is 1.42 bits per heavy atom. The Kier molecular flexibility index (Phi) is 4.40. The van der Waals surface area contributed by atoms with Gasteiger partial charge in [0, 0.05) is 19.3 Å². The first kappa shape index (κ1) is 13.8. The predicted molar refractivity (Wildman–Crippen MR) is 76.0 cm³/mol. The molecule has 0 bridgehead atoms. The van der Waals surface area contributed by atoms with Crippen molar-refractivity contribution in [2.24, 2.45) is 0 Å². The minimum absolute atomic E-state index is 0.347. The van der Waals surface area contributed by atoms with Crippen molar-refractivity contribution in [1.82, 2.24) is 4.98 Å². The minimum atomic E-state index is -0.875. The molecule has 1 aromatic heterocycles. The maximum atomic E-state index is 11.4. The van der Waals surface area contributed by atoms with Crippen LogP contribution >= 0.6 is 0 Å². The summed E-state index contributed by atoms with van der Waals surface area (Å²) in [6.07, 6.45) is 6.43. The number of aryl methyl sites for hydroxylation is 2. The van der Waals surface area contributed by atoms with Crippen LogP contribution in [-0.4, -0.2) is 29.7 Å². The second-order valence-corrected chi connectivity index (χ2v) is 5.25. The number of nitrogens with zero attached hydrogens (tertiary/aromatic N) is 2. The third kappa shape index (κ3) is 3.06. The summed E-state index contributed by atoms with van der Waals surface area (Å²) in [5.41, 5.74) is 2.55. The van der Waals surface area contributed by atoms with Gasteiger partial charge in [0.2, 0.25) is 0 Å². The highest BCUT2D eigenvalue weighted by molar-refractivity contribution is 5.93. The fourth-order valence-electron chi connectivity index (χ4n) is 2.61. The second kappa shape index (κ2) is 6.04. The summed E-state index contributed by atoms with van der Waals surface area (Å²) in [5, 5.41) is 9.35.